The van der Waals surface area contributed by atoms with Crippen LogP contribution >= 0.6 is 9.24 Å². The summed E-state index contributed by atoms with van der Waals surface area (Å²) in [5.41, 5.74) is 0. The molecule has 6 heavy (non-hydrogen) atoms. The van der Waals surface area contributed by atoms with Crippen molar-refractivity contribution in [2.24, 2.45) is 0 Å². The molecule has 0 aromatic rings. The first-order chi connectivity index (χ1) is 1.89. The fourth-order valence-corrected chi connectivity index (χ4v) is 0.167. The summed E-state index contributed by atoms with van der Waals surface area (Å²) in [7, 11) is 2.55. The van der Waals surface area contributed by atoms with E-state index in [9.17, 15) is 0 Å². The number of hydrogen-bond acceptors (Lipinski definition) is 1. The van der Waals surface area contributed by atoms with Gasteiger partial charge in [0.15, 0.2) is 0 Å². The van der Waals surface area contributed by atoms with Crippen molar-refractivity contribution in [1.29, 1.82) is 0 Å². The first kappa shape index (κ1) is 10.5. The molecule has 1 saturated heterocycles. The maximum Gasteiger partial charge on any atom is 0.0942 e. The van der Waals surface area contributed by atoms with Gasteiger partial charge in [-0.1, -0.05) is 0 Å². The molecule has 0 spiro atoms. The van der Waals surface area contributed by atoms with E-state index in [1.165, 1.54) is 0 Å². The van der Waals surface area contributed by atoms with Crippen LogP contribution in [0.2, 0.25) is 0 Å². The van der Waals surface area contributed by atoms with Crippen molar-refractivity contribution in [2.75, 3.05) is 6.61 Å². The first-order valence-corrected chi connectivity index (χ1v) is 1.93. The molecule has 35 valence electrons. The average molecular weight is 180 g/mol. The quantitative estimate of drug-likeness (QED) is 0.303. The Kier molecular flexibility index (Phi) is 8.11. The molecule has 2 unspecified atom stereocenters. The van der Waals surface area contributed by atoms with Gasteiger partial charge in [-0.3, -0.25) is 0 Å². The maximum atomic E-state index is 4.67. The van der Waals surface area contributed by atoms with Crippen LogP contribution in [-0.4, -0.2) is 12.5 Å². The minimum Gasteiger partial charge on any atom is -0.369 e. The molecule has 2 atom stereocenters. The van der Waals surface area contributed by atoms with Crippen molar-refractivity contribution in [3.05, 3.63) is 7.43 Å². The third-order valence-corrected chi connectivity index (χ3v) is 0.744. The average Bonchev–Trinajstić information content (AvgIpc) is 1.75. The Morgan fingerprint density at radius 2 is 1.83 bits per heavy atom. The van der Waals surface area contributed by atoms with E-state index in [-0.39, 0.29) is 40.1 Å². The van der Waals surface area contributed by atoms with Gasteiger partial charge in [-0.05, 0) is 0 Å². The molecular formula is C3H8OPY-. The summed E-state index contributed by atoms with van der Waals surface area (Å²) in [6.45, 7) is 0.949. The van der Waals surface area contributed by atoms with E-state index >= 15 is 0 Å². The molecule has 1 heterocycles. The van der Waals surface area contributed by atoms with E-state index in [0.717, 1.165) is 6.61 Å². The first-order valence-electron chi connectivity index (χ1n) is 1.27. The van der Waals surface area contributed by atoms with Gasteiger partial charge in [0.2, 0.25) is 0 Å². The topological polar surface area (TPSA) is 12.5 Å². The summed E-state index contributed by atoms with van der Waals surface area (Å²) < 4.78 is 4.67. The van der Waals surface area contributed by atoms with Gasteiger partial charge in [0, 0.05) is 32.7 Å². The van der Waals surface area contributed by atoms with Crippen LogP contribution in [0.5, 0.6) is 0 Å². The van der Waals surface area contributed by atoms with Crippen LogP contribution < -0.4 is 0 Å². The van der Waals surface area contributed by atoms with E-state index in [4.69, 9.17) is 0 Å². The van der Waals surface area contributed by atoms with E-state index in [1.807, 2.05) is 0 Å². The monoisotopic (exact) mass is 180 g/mol. The fraction of sp³-hybridized carbons (Fsp3) is 0.667. The van der Waals surface area contributed by atoms with Crippen molar-refractivity contribution in [3.63, 3.8) is 0 Å². The fourth-order valence-electron chi connectivity index (χ4n) is 0.0556. The zero-order valence-corrected chi connectivity index (χ0v) is 7.84. The van der Waals surface area contributed by atoms with E-state index in [0.29, 0.717) is 5.85 Å². The molecule has 1 aliphatic heterocycles. The summed E-state index contributed by atoms with van der Waals surface area (Å²) in [6, 6.07) is 0. The maximum absolute atomic E-state index is 4.67. The molecular weight excluding hydrogens is 172 g/mol. The molecule has 0 aromatic carbocycles. The van der Waals surface area contributed by atoms with Gasteiger partial charge >= 0.3 is 0 Å². The minimum atomic E-state index is 0. The summed E-state index contributed by atoms with van der Waals surface area (Å²) in [6.07, 6.45) is 0. The largest absolute Gasteiger partial charge is 0.369 e. The number of rotatable bonds is 0. The van der Waals surface area contributed by atoms with Crippen LogP contribution in [0.25, 0.3) is 0 Å². The van der Waals surface area contributed by atoms with Crippen molar-refractivity contribution in [1.82, 2.24) is 0 Å². The van der Waals surface area contributed by atoms with E-state index in [1.54, 1.807) is 0 Å². The molecule has 1 nitrogen and oxygen atoms in total. The Morgan fingerprint density at radius 1 is 1.67 bits per heavy atom. The van der Waals surface area contributed by atoms with Crippen LogP contribution in [0.4, 0.5) is 0 Å². The minimum absolute atomic E-state index is 0. The molecule has 0 saturated carbocycles. The molecule has 0 N–H and O–H groups in total. The molecule has 0 aliphatic carbocycles. The number of epoxide rings is 1. The van der Waals surface area contributed by atoms with Gasteiger partial charge in [-0.15, -0.1) is 9.24 Å². The Hall–Kier alpha value is 1.49. The second kappa shape index (κ2) is 4.65. The molecule has 1 aliphatic rings. The standard InChI is InChI=1S/C2H5OP.CH3.Y/c4-2-1-3-2;;/h2H,1,4H2;1H3;/q;-1;. The van der Waals surface area contributed by atoms with Crippen molar-refractivity contribution in [3.8, 4) is 0 Å². The summed E-state index contributed by atoms with van der Waals surface area (Å²) in [5, 5.41) is 0. The van der Waals surface area contributed by atoms with Crippen LogP contribution in [0.15, 0.2) is 0 Å². The molecule has 0 aromatic heterocycles. The van der Waals surface area contributed by atoms with Crippen molar-refractivity contribution in [2.45, 2.75) is 5.85 Å². The molecule has 3 heteroatoms. The molecule has 1 rings (SSSR count). The Morgan fingerprint density at radius 3 is 1.83 bits per heavy atom. The SMILES string of the molecule is PC1CO1.[CH3-].[Y]. The zero-order chi connectivity index (χ0) is 2.99. The predicted octanol–water partition coefficient (Wildman–Crippen LogP) is 0.666. The third kappa shape index (κ3) is 5.49. The Balaban J connectivity index is 0. The van der Waals surface area contributed by atoms with Crippen LogP contribution in [0.1, 0.15) is 0 Å². The predicted molar refractivity (Wildman–Crippen MR) is 25.9 cm³/mol. The van der Waals surface area contributed by atoms with Gasteiger partial charge in [0.25, 0.3) is 0 Å². The summed E-state index contributed by atoms with van der Waals surface area (Å²) in [5.74, 6) is 0.500. The van der Waals surface area contributed by atoms with Crippen molar-refractivity contribution >= 4 is 9.24 Å². The smallest absolute Gasteiger partial charge is 0.0942 e. The zero-order valence-electron chi connectivity index (χ0n) is 3.85. The van der Waals surface area contributed by atoms with E-state index < -0.39 is 0 Å². The molecule has 1 radical (unpaired) electrons. The number of hydrogen-bond donors (Lipinski definition) is 0. The van der Waals surface area contributed by atoms with Gasteiger partial charge in [-0.25, -0.2) is 0 Å². The Bertz CT molecular complexity index is 30.0. The van der Waals surface area contributed by atoms with Gasteiger partial charge in [-0.2, -0.15) is 0 Å². The summed E-state index contributed by atoms with van der Waals surface area (Å²) >= 11 is 0. The van der Waals surface area contributed by atoms with Gasteiger partial charge in [0.05, 0.1) is 12.5 Å². The van der Waals surface area contributed by atoms with Crippen molar-refractivity contribution < 1.29 is 37.4 Å². The second-order valence-electron chi connectivity index (χ2n) is 0.872. The van der Waals surface area contributed by atoms with E-state index in [2.05, 4.69) is 14.0 Å². The normalized spacial score (nSPS) is 26.5. The van der Waals surface area contributed by atoms with Gasteiger partial charge < -0.3 is 12.2 Å². The van der Waals surface area contributed by atoms with Gasteiger partial charge in [0.1, 0.15) is 0 Å². The molecule has 1 fully saturated rings. The molecule has 0 amide bonds. The van der Waals surface area contributed by atoms with Crippen LogP contribution in [0, 0.1) is 7.43 Å². The Labute approximate surface area is 66.3 Å². The number of ether oxygens (including phenoxy) is 1. The third-order valence-electron chi connectivity index (χ3n) is 0.359. The summed E-state index contributed by atoms with van der Waals surface area (Å²) in [4.78, 5) is 0. The van der Waals surface area contributed by atoms with Crippen LogP contribution in [0.3, 0.4) is 0 Å². The van der Waals surface area contributed by atoms with Crippen LogP contribution in [-0.2, 0) is 37.4 Å². The molecule has 0 bridgehead atoms. The second-order valence-corrected chi connectivity index (χ2v) is 1.62.